The first kappa shape index (κ1) is 13.4. The Labute approximate surface area is 116 Å². The van der Waals surface area contributed by atoms with Crippen molar-refractivity contribution in [2.24, 2.45) is 0 Å². The van der Waals surface area contributed by atoms with Gasteiger partial charge >= 0.3 is 0 Å². The average Bonchev–Trinajstić information content (AvgIpc) is 2.37. The third-order valence-electron chi connectivity index (χ3n) is 2.72. The zero-order valence-electron chi connectivity index (χ0n) is 11.7. The summed E-state index contributed by atoms with van der Waals surface area (Å²) in [7, 11) is -1.34. The van der Waals surface area contributed by atoms with Crippen LogP contribution in [0.2, 0.25) is 19.6 Å². The number of hydrogen-bond acceptors (Lipinski definition) is 1. The molecule has 0 heterocycles. The molecule has 0 bridgehead atoms. The van der Waals surface area contributed by atoms with Crippen LogP contribution >= 0.6 is 0 Å². The Kier molecular flexibility index (Phi) is 3.78. The molecule has 0 fully saturated rings. The number of benzene rings is 2. The van der Waals surface area contributed by atoms with Crippen molar-refractivity contribution in [2.45, 2.75) is 19.6 Å². The normalized spacial score (nSPS) is 10.7. The minimum atomic E-state index is -1.34. The van der Waals surface area contributed by atoms with Gasteiger partial charge in [-0.05, 0) is 17.7 Å². The lowest BCUT2D eigenvalue weighted by atomic mass is 10.0. The van der Waals surface area contributed by atoms with Crippen molar-refractivity contribution in [2.75, 3.05) is 5.73 Å². The first-order valence-corrected chi connectivity index (χ1v) is 9.94. The van der Waals surface area contributed by atoms with Crippen LogP contribution in [0.15, 0.2) is 48.5 Å². The topological polar surface area (TPSA) is 26.0 Å². The predicted octanol–water partition coefficient (Wildman–Crippen LogP) is 4.16. The van der Waals surface area contributed by atoms with E-state index in [0.29, 0.717) is 0 Å². The standard InChI is InChI=1S/C17H19NSi/c1-19(2,3)12-11-14-9-10-16(17(18)13-14)15-7-5-4-6-8-15/h4-10,13H,18H2,1-3H3. The smallest absolute Gasteiger partial charge is 0.129 e. The van der Waals surface area contributed by atoms with E-state index >= 15 is 0 Å². The lowest BCUT2D eigenvalue weighted by Crippen LogP contribution is -2.16. The summed E-state index contributed by atoms with van der Waals surface area (Å²) in [6, 6.07) is 16.3. The molecular weight excluding hydrogens is 246 g/mol. The Morgan fingerprint density at radius 3 is 2.21 bits per heavy atom. The highest BCUT2D eigenvalue weighted by atomic mass is 28.3. The molecule has 0 unspecified atom stereocenters. The summed E-state index contributed by atoms with van der Waals surface area (Å²) in [4.78, 5) is 0. The summed E-state index contributed by atoms with van der Waals surface area (Å²) in [6.07, 6.45) is 0. The molecule has 0 atom stereocenters. The van der Waals surface area contributed by atoms with Crippen molar-refractivity contribution in [3.8, 4) is 22.6 Å². The van der Waals surface area contributed by atoms with Gasteiger partial charge in [-0.1, -0.05) is 62.0 Å². The highest BCUT2D eigenvalue weighted by Gasteiger charge is 2.08. The van der Waals surface area contributed by atoms with Gasteiger partial charge in [-0.3, -0.25) is 0 Å². The van der Waals surface area contributed by atoms with Gasteiger partial charge in [0.15, 0.2) is 0 Å². The van der Waals surface area contributed by atoms with Crippen molar-refractivity contribution in [3.05, 3.63) is 54.1 Å². The first-order valence-electron chi connectivity index (χ1n) is 6.44. The average molecular weight is 265 g/mol. The molecule has 0 aliphatic heterocycles. The lowest BCUT2D eigenvalue weighted by molar-refractivity contribution is 1.58. The third-order valence-corrected chi connectivity index (χ3v) is 3.59. The number of hydrogen-bond donors (Lipinski definition) is 1. The fraction of sp³-hybridized carbons (Fsp3) is 0.176. The van der Waals surface area contributed by atoms with Crippen molar-refractivity contribution in [3.63, 3.8) is 0 Å². The molecule has 19 heavy (non-hydrogen) atoms. The Hall–Kier alpha value is -1.98. The van der Waals surface area contributed by atoms with Crippen LogP contribution in [-0.4, -0.2) is 8.07 Å². The van der Waals surface area contributed by atoms with Crippen LogP contribution in [0, 0.1) is 11.5 Å². The molecule has 2 aromatic carbocycles. The monoisotopic (exact) mass is 265 g/mol. The molecule has 2 rings (SSSR count). The molecular formula is C17H19NSi. The molecule has 0 spiro atoms. The fourth-order valence-corrected chi connectivity index (χ4v) is 2.30. The van der Waals surface area contributed by atoms with Gasteiger partial charge in [0.05, 0.1) is 0 Å². The molecule has 0 aliphatic carbocycles. The molecule has 2 heteroatoms. The van der Waals surface area contributed by atoms with Crippen LogP contribution in [0.1, 0.15) is 5.56 Å². The van der Waals surface area contributed by atoms with E-state index in [1.54, 1.807) is 0 Å². The summed E-state index contributed by atoms with van der Waals surface area (Å²) in [6.45, 7) is 6.71. The van der Waals surface area contributed by atoms with E-state index in [0.717, 1.165) is 22.4 Å². The van der Waals surface area contributed by atoms with Crippen LogP contribution < -0.4 is 5.73 Å². The first-order chi connectivity index (χ1) is 8.96. The van der Waals surface area contributed by atoms with E-state index in [2.05, 4.69) is 49.3 Å². The van der Waals surface area contributed by atoms with E-state index in [9.17, 15) is 0 Å². The molecule has 0 aromatic heterocycles. The molecule has 2 N–H and O–H groups in total. The molecule has 1 nitrogen and oxygen atoms in total. The van der Waals surface area contributed by atoms with E-state index in [1.165, 1.54) is 0 Å². The zero-order chi connectivity index (χ0) is 13.9. The number of nitrogens with two attached hydrogens (primary N) is 1. The number of rotatable bonds is 1. The Bertz CT molecular complexity index is 628. The Morgan fingerprint density at radius 2 is 1.63 bits per heavy atom. The van der Waals surface area contributed by atoms with E-state index in [4.69, 9.17) is 5.73 Å². The molecule has 96 valence electrons. The zero-order valence-corrected chi connectivity index (χ0v) is 12.7. The van der Waals surface area contributed by atoms with Crippen molar-refractivity contribution >= 4 is 13.8 Å². The van der Waals surface area contributed by atoms with Gasteiger partial charge < -0.3 is 5.73 Å². The molecule has 2 aromatic rings. The summed E-state index contributed by atoms with van der Waals surface area (Å²) in [5, 5.41) is 0. The summed E-state index contributed by atoms with van der Waals surface area (Å²) in [5.41, 5.74) is 13.5. The molecule has 0 aliphatic rings. The number of anilines is 1. The minimum Gasteiger partial charge on any atom is -0.398 e. The molecule has 0 amide bonds. The summed E-state index contributed by atoms with van der Waals surface area (Å²) >= 11 is 0. The van der Waals surface area contributed by atoms with E-state index in [1.807, 2.05) is 30.3 Å². The minimum absolute atomic E-state index is 0.786. The van der Waals surface area contributed by atoms with Gasteiger partial charge in [-0.2, -0.15) is 0 Å². The van der Waals surface area contributed by atoms with Gasteiger partial charge in [0.2, 0.25) is 0 Å². The summed E-state index contributed by atoms with van der Waals surface area (Å²) in [5.74, 6) is 3.24. The SMILES string of the molecule is C[Si](C)(C)C#Cc1ccc(-c2ccccc2)c(N)c1. The van der Waals surface area contributed by atoms with Crippen molar-refractivity contribution in [1.29, 1.82) is 0 Å². The van der Waals surface area contributed by atoms with Crippen molar-refractivity contribution in [1.82, 2.24) is 0 Å². The van der Waals surface area contributed by atoms with Crippen LogP contribution in [-0.2, 0) is 0 Å². The highest BCUT2D eigenvalue weighted by Crippen LogP contribution is 2.26. The van der Waals surface area contributed by atoms with Gasteiger partial charge in [0.1, 0.15) is 8.07 Å². The quantitative estimate of drug-likeness (QED) is 0.467. The molecule has 0 saturated carbocycles. The van der Waals surface area contributed by atoms with Crippen LogP contribution in [0.4, 0.5) is 5.69 Å². The van der Waals surface area contributed by atoms with Gasteiger partial charge in [-0.15, -0.1) is 5.54 Å². The molecule has 0 saturated heterocycles. The fourth-order valence-electron chi connectivity index (χ4n) is 1.78. The van der Waals surface area contributed by atoms with Gasteiger partial charge in [0.25, 0.3) is 0 Å². The molecule has 0 radical (unpaired) electrons. The highest BCUT2D eigenvalue weighted by molar-refractivity contribution is 6.83. The maximum atomic E-state index is 6.14. The van der Waals surface area contributed by atoms with Crippen LogP contribution in [0.25, 0.3) is 11.1 Å². The van der Waals surface area contributed by atoms with Crippen molar-refractivity contribution < 1.29 is 0 Å². The Balaban J connectivity index is 2.35. The van der Waals surface area contributed by atoms with Crippen LogP contribution in [0.5, 0.6) is 0 Å². The lowest BCUT2D eigenvalue weighted by Gasteiger charge is -2.07. The summed E-state index contributed by atoms with van der Waals surface area (Å²) < 4.78 is 0. The largest absolute Gasteiger partial charge is 0.398 e. The van der Waals surface area contributed by atoms with Gasteiger partial charge in [0, 0.05) is 16.8 Å². The third kappa shape index (κ3) is 3.74. The maximum absolute atomic E-state index is 6.14. The second-order valence-corrected chi connectivity index (χ2v) is 10.4. The van der Waals surface area contributed by atoms with Gasteiger partial charge in [-0.25, -0.2) is 0 Å². The number of nitrogen functional groups attached to an aromatic ring is 1. The second-order valence-electron chi connectivity index (χ2n) is 5.67. The second kappa shape index (κ2) is 5.34. The van der Waals surface area contributed by atoms with E-state index < -0.39 is 8.07 Å². The van der Waals surface area contributed by atoms with E-state index in [-0.39, 0.29) is 0 Å². The predicted molar refractivity (Wildman–Crippen MR) is 86.5 cm³/mol. The van der Waals surface area contributed by atoms with Crippen LogP contribution in [0.3, 0.4) is 0 Å². The Morgan fingerprint density at radius 1 is 0.947 bits per heavy atom. The maximum Gasteiger partial charge on any atom is 0.129 e.